The minimum absolute atomic E-state index is 0.180. The van der Waals surface area contributed by atoms with Crippen LogP contribution in [0.15, 0.2) is 18.2 Å². The fraction of sp³-hybridized carbons (Fsp3) is 0.600. The third-order valence-electron chi connectivity index (χ3n) is 5.20. The standard InChI is InChI=1S/C15H19F2NO/c16-11-3-4-12(13(17)6-11)14(19)15(8-18)7-9-1-2-10(15)5-9/h3-4,6,9-10,14,19H,1-2,5,7-8,18H2. The maximum atomic E-state index is 13.9. The summed E-state index contributed by atoms with van der Waals surface area (Å²) in [5.74, 6) is -0.333. The first-order valence-corrected chi connectivity index (χ1v) is 6.90. The van der Waals surface area contributed by atoms with Gasteiger partial charge in [0, 0.05) is 23.6 Å². The van der Waals surface area contributed by atoms with Crippen LogP contribution in [0.1, 0.15) is 37.4 Å². The zero-order valence-corrected chi connectivity index (χ0v) is 10.8. The van der Waals surface area contributed by atoms with Gasteiger partial charge in [-0.05, 0) is 37.2 Å². The van der Waals surface area contributed by atoms with Gasteiger partial charge in [-0.15, -0.1) is 0 Å². The van der Waals surface area contributed by atoms with Gasteiger partial charge in [-0.2, -0.15) is 0 Å². The summed E-state index contributed by atoms with van der Waals surface area (Å²) in [5, 5.41) is 10.6. The Balaban J connectivity index is 1.96. The lowest BCUT2D eigenvalue weighted by Crippen LogP contribution is -2.41. The molecule has 3 rings (SSSR count). The van der Waals surface area contributed by atoms with E-state index in [4.69, 9.17) is 5.73 Å². The lowest BCUT2D eigenvalue weighted by Gasteiger charge is -2.41. The van der Waals surface area contributed by atoms with Gasteiger partial charge in [-0.25, -0.2) is 8.78 Å². The van der Waals surface area contributed by atoms with Crippen LogP contribution in [0.5, 0.6) is 0 Å². The number of fused-ring (bicyclic) bond motifs is 2. The molecule has 0 amide bonds. The molecular formula is C15H19F2NO. The number of benzene rings is 1. The van der Waals surface area contributed by atoms with Crippen molar-refractivity contribution >= 4 is 0 Å². The van der Waals surface area contributed by atoms with Crippen molar-refractivity contribution in [3.63, 3.8) is 0 Å². The van der Waals surface area contributed by atoms with E-state index in [0.717, 1.165) is 25.3 Å². The second-order valence-corrected chi connectivity index (χ2v) is 6.09. The van der Waals surface area contributed by atoms with Crippen molar-refractivity contribution in [1.82, 2.24) is 0 Å². The second kappa shape index (κ2) is 4.53. The molecular weight excluding hydrogens is 248 g/mol. The molecule has 0 heterocycles. The monoisotopic (exact) mass is 267 g/mol. The van der Waals surface area contributed by atoms with Crippen LogP contribution in [0.4, 0.5) is 8.78 Å². The van der Waals surface area contributed by atoms with E-state index in [2.05, 4.69) is 0 Å². The molecule has 0 radical (unpaired) electrons. The van der Waals surface area contributed by atoms with Crippen molar-refractivity contribution in [3.05, 3.63) is 35.4 Å². The minimum Gasteiger partial charge on any atom is -0.388 e. The van der Waals surface area contributed by atoms with Crippen LogP contribution in [-0.2, 0) is 0 Å². The first-order chi connectivity index (χ1) is 9.06. The molecule has 2 fully saturated rings. The van der Waals surface area contributed by atoms with E-state index in [-0.39, 0.29) is 5.56 Å². The summed E-state index contributed by atoms with van der Waals surface area (Å²) in [6.07, 6.45) is 3.24. The molecule has 104 valence electrons. The Hall–Kier alpha value is -1.00. The van der Waals surface area contributed by atoms with Crippen LogP contribution in [0.25, 0.3) is 0 Å². The van der Waals surface area contributed by atoms with Crippen LogP contribution in [0, 0.1) is 28.9 Å². The van der Waals surface area contributed by atoms with E-state index >= 15 is 0 Å². The smallest absolute Gasteiger partial charge is 0.131 e. The first kappa shape index (κ1) is 13.0. The Morgan fingerprint density at radius 2 is 2.16 bits per heavy atom. The predicted octanol–water partition coefficient (Wildman–Crippen LogP) is 2.76. The molecule has 0 aliphatic heterocycles. The highest BCUT2D eigenvalue weighted by atomic mass is 19.1. The summed E-state index contributed by atoms with van der Waals surface area (Å²) >= 11 is 0. The van der Waals surface area contributed by atoms with E-state index in [0.29, 0.717) is 18.4 Å². The molecule has 1 aromatic carbocycles. The lowest BCUT2D eigenvalue weighted by molar-refractivity contribution is -0.0151. The minimum atomic E-state index is -0.937. The molecule has 4 heteroatoms. The molecule has 0 saturated heterocycles. The topological polar surface area (TPSA) is 46.2 Å². The number of nitrogens with two attached hydrogens (primary N) is 1. The summed E-state index contributed by atoms with van der Waals surface area (Å²) in [6, 6.07) is 3.37. The largest absolute Gasteiger partial charge is 0.388 e. The Morgan fingerprint density at radius 3 is 2.68 bits per heavy atom. The molecule has 2 bridgehead atoms. The van der Waals surface area contributed by atoms with Crippen LogP contribution >= 0.6 is 0 Å². The van der Waals surface area contributed by atoms with Gasteiger partial charge in [-0.3, -0.25) is 0 Å². The van der Waals surface area contributed by atoms with Crippen LogP contribution in [-0.4, -0.2) is 11.7 Å². The lowest BCUT2D eigenvalue weighted by atomic mass is 9.67. The van der Waals surface area contributed by atoms with Crippen molar-refractivity contribution in [2.24, 2.45) is 23.0 Å². The fourth-order valence-electron chi connectivity index (χ4n) is 4.22. The highest BCUT2D eigenvalue weighted by Gasteiger charge is 2.54. The second-order valence-electron chi connectivity index (χ2n) is 6.09. The van der Waals surface area contributed by atoms with Crippen molar-refractivity contribution in [2.75, 3.05) is 6.54 Å². The van der Waals surface area contributed by atoms with Gasteiger partial charge in [-0.1, -0.05) is 12.5 Å². The summed E-state index contributed by atoms with van der Waals surface area (Å²) in [5.41, 5.74) is 5.67. The number of hydrogen-bond acceptors (Lipinski definition) is 2. The highest BCUT2D eigenvalue weighted by molar-refractivity contribution is 5.24. The van der Waals surface area contributed by atoms with Gasteiger partial charge in [0.15, 0.2) is 0 Å². The fourth-order valence-corrected chi connectivity index (χ4v) is 4.22. The number of aliphatic hydroxyl groups is 1. The summed E-state index contributed by atoms with van der Waals surface area (Å²) < 4.78 is 26.8. The van der Waals surface area contributed by atoms with Crippen molar-refractivity contribution < 1.29 is 13.9 Å². The molecule has 2 aliphatic carbocycles. The first-order valence-electron chi connectivity index (χ1n) is 6.90. The molecule has 4 unspecified atom stereocenters. The molecule has 2 saturated carbocycles. The van der Waals surface area contributed by atoms with E-state index in [1.165, 1.54) is 18.6 Å². The molecule has 0 aromatic heterocycles. The Morgan fingerprint density at radius 1 is 1.37 bits per heavy atom. The molecule has 3 N–H and O–H groups in total. The van der Waals surface area contributed by atoms with E-state index in [1.807, 2.05) is 0 Å². The molecule has 2 nitrogen and oxygen atoms in total. The van der Waals surface area contributed by atoms with Gasteiger partial charge in [0.1, 0.15) is 11.6 Å². The number of halogens is 2. The third-order valence-corrected chi connectivity index (χ3v) is 5.20. The van der Waals surface area contributed by atoms with Crippen molar-refractivity contribution in [3.8, 4) is 0 Å². The summed E-state index contributed by atoms with van der Waals surface area (Å²) in [4.78, 5) is 0. The molecule has 4 atom stereocenters. The summed E-state index contributed by atoms with van der Waals surface area (Å²) in [7, 11) is 0. The Kier molecular flexibility index (Phi) is 3.10. The van der Waals surface area contributed by atoms with Gasteiger partial charge in [0.2, 0.25) is 0 Å². The Bertz CT molecular complexity index is 493. The van der Waals surface area contributed by atoms with Gasteiger partial charge < -0.3 is 10.8 Å². The van der Waals surface area contributed by atoms with Gasteiger partial charge in [0.25, 0.3) is 0 Å². The average Bonchev–Trinajstić information content (AvgIpc) is 2.98. The van der Waals surface area contributed by atoms with Crippen LogP contribution in [0.3, 0.4) is 0 Å². The molecule has 0 spiro atoms. The molecule has 2 aliphatic rings. The van der Waals surface area contributed by atoms with Gasteiger partial charge >= 0.3 is 0 Å². The quantitative estimate of drug-likeness (QED) is 0.884. The normalized spacial score (nSPS) is 34.7. The van der Waals surface area contributed by atoms with E-state index in [1.54, 1.807) is 0 Å². The zero-order chi connectivity index (χ0) is 13.6. The Labute approximate surface area is 111 Å². The highest BCUT2D eigenvalue weighted by Crippen LogP contribution is 2.60. The van der Waals surface area contributed by atoms with Crippen molar-refractivity contribution in [1.29, 1.82) is 0 Å². The third kappa shape index (κ3) is 1.89. The number of aliphatic hydroxyl groups excluding tert-OH is 1. The zero-order valence-electron chi connectivity index (χ0n) is 10.8. The SMILES string of the molecule is NCC1(C(O)c2ccc(F)cc2F)CC2CCC1C2. The maximum Gasteiger partial charge on any atom is 0.131 e. The molecule has 1 aromatic rings. The average molecular weight is 267 g/mol. The van der Waals surface area contributed by atoms with Crippen molar-refractivity contribution in [2.45, 2.75) is 31.8 Å². The number of hydrogen-bond donors (Lipinski definition) is 2. The number of rotatable bonds is 3. The van der Waals surface area contributed by atoms with Crippen LogP contribution < -0.4 is 5.73 Å². The van der Waals surface area contributed by atoms with E-state index in [9.17, 15) is 13.9 Å². The van der Waals surface area contributed by atoms with E-state index < -0.39 is 23.2 Å². The van der Waals surface area contributed by atoms with Crippen LogP contribution in [0.2, 0.25) is 0 Å². The predicted molar refractivity (Wildman–Crippen MR) is 68.3 cm³/mol. The maximum absolute atomic E-state index is 13.9. The summed E-state index contributed by atoms with van der Waals surface area (Å²) in [6.45, 7) is 0.353. The van der Waals surface area contributed by atoms with Gasteiger partial charge in [0.05, 0.1) is 6.10 Å². The molecule has 19 heavy (non-hydrogen) atoms.